The Kier molecular flexibility index (Phi) is 2.15. The van der Waals surface area contributed by atoms with E-state index < -0.39 is 0 Å². The second kappa shape index (κ2) is 3.18. The van der Waals surface area contributed by atoms with Crippen LogP contribution < -0.4 is 5.56 Å². The molecule has 0 unspecified atom stereocenters. The van der Waals surface area contributed by atoms with Gasteiger partial charge in [0.1, 0.15) is 0 Å². The molecule has 1 saturated carbocycles. The highest BCUT2D eigenvalue weighted by molar-refractivity contribution is 7.80. The van der Waals surface area contributed by atoms with Crippen LogP contribution in [0.2, 0.25) is 0 Å². The molecule has 1 aromatic heterocycles. The van der Waals surface area contributed by atoms with Gasteiger partial charge in [0, 0.05) is 12.3 Å². The average molecular weight is 196 g/mol. The second-order valence-electron chi connectivity index (χ2n) is 3.68. The Morgan fingerprint density at radius 2 is 2.38 bits per heavy atom. The van der Waals surface area contributed by atoms with Crippen molar-refractivity contribution in [3.05, 3.63) is 28.7 Å². The predicted octanol–water partition coefficient (Wildman–Crippen LogP) is 0.953. The van der Waals surface area contributed by atoms with E-state index in [1.165, 1.54) is 17.5 Å². The van der Waals surface area contributed by atoms with Gasteiger partial charge in [-0.15, -0.1) is 0 Å². The van der Waals surface area contributed by atoms with Crippen molar-refractivity contribution in [2.75, 3.05) is 5.75 Å². The molecule has 0 bridgehead atoms. The normalized spacial score (nSPS) is 18.5. The van der Waals surface area contributed by atoms with Gasteiger partial charge in [0.05, 0.1) is 6.54 Å². The number of nitrogens with zero attached hydrogens (tertiary/aromatic N) is 2. The summed E-state index contributed by atoms with van der Waals surface area (Å²) in [5, 5.41) is 4.02. The van der Waals surface area contributed by atoms with Crippen LogP contribution in [0.4, 0.5) is 0 Å². The summed E-state index contributed by atoms with van der Waals surface area (Å²) in [6, 6.07) is 3.21. The van der Waals surface area contributed by atoms with Crippen molar-refractivity contribution in [2.24, 2.45) is 5.41 Å². The van der Waals surface area contributed by atoms with Crippen LogP contribution in [0.15, 0.2) is 23.1 Å². The fourth-order valence-corrected chi connectivity index (χ4v) is 1.78. The highest BCUT2D eigenvalue weighted by atomic mass is 32.1. The molecule has 3 nitrogen and oxygen atoms in total. The first kappa shape index (κ1) is 8.81. The molecule has 0 N–H and O–H groups in total. The minimum Gasteiger partial charge on any atom is -0.268 e. The highest BCUT2D eigenvalue weighted by Crippen LogP contribution is 2.47. The van der Waals surface area contributed by atoms with Gasteiger partial charge in [0.15, 0.2) is 0 Å². The van der Waals surface area contributed by atoms with Crippen LogP contribution >= 0.6 is 12.6 Å². The Morgan fingerprint density at radius 3 is 2.92 bits per heavy atom. The molecule has 1 aliphatic carbocycles. The van der Waals surface area contributed by atoms with Crippen molar-refractivity contribution in [3.8, 4) is 0 Å². The first-order valence-corrected chi connectivity index (χ1v) is 5.02. The molecule has 1 fully saturated rings. The molecule has 0 spiro atoms. The topological polar surface area (TPSA) is 34.9 Å². The Labute approximate surface area is 82.2 Å². The molecule has 1 aliphatic rings. The van der Waals surface area contributed by atoms with Crippen LogP contribution in [0.3, 0.4) is 0 Å². The standard InChI is InChI=1S/C9H12N2OS/c12-8-2-1-5-10-11(8)6-9(7-13)3-4-9/h1-2,5,13H,3-4,6-7H2. The number of rotatable bonds is 3. The number of hydrogen-bond acceptors (Lipinski definition) is 3. The fourth-order valence-electron chi connectivity index (χ4n) is 1.37. The Balaban J connectivity index is 2.19. The van der Waals surface area contributed by atoms with Crippen LogP contribution in [0.1, 0.15) is 12.8 Å². The lowest BCUT2D eigenvalue weighted by Crippen LogP contribution is -2.26. The van der Waals surface area contributed by atoms with E-state index >= 15 is 0 Å². The highest BCUT2D eigenvalue weighted by Gasteiger charge is 2.41. The third kappa shape index (κ3) is 1.77. The zero-order chi connectivity index (χ0) is 9.31. The van der Waals surface area contributed by atoms with Crippen LogP contribution in [0.25, 0.3) is 0 Å². The summed E-state index contributed by atoms with van der Waals surface area (Å²) in [4.78, 5) is 11.3. The largest absolute Gasteiger partial charge is 0.268 e. The third-order valence-corrected chi connectivity index (χ3v) is 3.23. The van der Waals surface area contributed by atoms with E-state index in [1.807, 2.05) is 0 Å². The summed E-state index contributed by atoms with van der Waals surface area (Å²) < 4.78 is 1.53. The maximum absolute atomic E-state index is 11.3. The van der Waals surface area contributed by atoms with E-state index in [2.05, 4.69) is 17.7 Å². The quantitative estimate of drug-likeness (QED) is 0.731. The predicted molar refractivity (Wildman–Crippen MR) is 54.0 cm³/mol. The lowest BCUT2D eigenvalue weighted by Gasteiger charge is -2.11. The second-order valence-corrected chi connectivity index (χ2v) is 3.99. The first-order valence-electron chi connectivity index (χ1n) is 4.39. The molecule has 13 heavy (non-hydrogen) atoms. The molecule has 70 valence electrons. The molecule has 0 saturated heterocycles. The van der Waals surface area contributed by atoms with Gasteiger partial charge < -0.3 is 0 Å². The summed E-state index contributed by atoms with van der Waals surface area (Å²) >= 11 is 4.28. The van der Waals surface area contributed by atoms with E-state index in [9.17, 15) is 4.79 Å². The molecule has 0 aliphatic heterocycles. The molecule has 0 radical (unpaired) electrons. The van der Waals surface area contributed by atoms with Crippen molar-refractivity contribution in [1.82, 2.24) is 9.78 Å². The number of hydrogen-bond donors (Lipinski definition) is 1. The fraction of sp³-hybridized carbons (Fsp3) is 0.556. The van der Waals surface area contributed by atoms with Gasteiger partial charge >= 0.3 is 0 Å². The Morgan fingerprint density at radius 1 is 1.62 bits per heavy atom. The van der Waals surface area contributed by atoms with Crippen LogP contribution in [0, 0.1) is 5.41 Å². The Hall–Kier alpha value is -0.770. The van der Waals surface area contributed by atoms with Crippen molar-refractivity contribution in [2.45, 2.75) is 19.4 Å². The molecular weight excluding hydrogens is 184 g/mol. The van der Waals surface area contributed by atoms with Crippen LogP contribution in [0.5, 0.6) is 0 Å². The van der Waals surface area contributed by atoms with Gasteiger partial charge in [0.25, 0.3) is 5.56 Å². The molecule has 2 rings (SSSR count). The van der Waals surface area contributed by atoms with Crippen molar-refractivity contribution >= 4 is 12.6 Å². The molecule has 1 aromatic rings. The lowest BCUT2D eigenvalue weighted by molar-refractivity contribution is 0.424. The average Bonchev–Trinajstić information content (AvgIpc) is 2.90. The van der Waals surface area contributed by atoms with E-state index in [-0.39, 0.29) is 11.0 Å². The summed E-state index contributed by atoms with van der Waals surface area (Å²) in [5.74, 6) is 0.843. The SMILES string of the molecule is O=c1cccnn1CC1(CS)CC1. The minimum absolute atomic E-state index is 0.0180. The summed E-state index contributed by atoms with van der Waals surface area (Å²) in [6.07, 6.45) is 3.98. The van der Waals surface area contributed by atoms with Gasteiger partial charge in [-0.1, -0.05) is 0 Å². The van der Waals surface area contributed by atoms with E-state index in [0.29, 0.717) is 0 Å². The van der Waals surface area contributed by atoms with Gasteiger partial charge in [-0.3, -0.25) is 4.79 Å². The summed E-state index contributed by atoms with van der Waals surface area (Å²) in [7, 11) is 0. The van der Waals surface area contributed by atoms with Gasteiger partial charge in [-0.2, -0.15) is 17.7 Å². The summed E-state index contributed by atoms with van der Waals surface area (Å²) in [6.45, 7) is 0.718. The monoisotopic (exact) mass is 196 g/mol. The van der Waals surface area contributed by atoms with Gasteiger partial charge in [-0.05, 0) is 30.1 Å². The maximum atomic E-state index is 11.3. The Bertz CT molecular complexity index is 357. The molecule has 0 aromatic carbocycles. The van der Waals surface area contributed by atoms with Crippen molar-refractivity contribution in [3.63, 3.8) is 0 Å². The maximum Gasteiger partial charge on any atom is 0.266 e. The van der Waals surface area contributed by atoms with Crippen molar-refractivity contribution < 1.29 is 0 Å². The zero-order valence-electron chi connectivity index (χ0n) is 7.31. The van der Waals surface area contributed by atoms with E-state index in [0.717, 1.165) is 12.3 Å². The zero-order valence-corrected chi connectivity index (χ0v) is 8.20. The molecule has 0 amide bonds. The lowest BCUT2D eigenvalue weighted by atomic mass is 10.1. The third-order valence-electron chi connectivity index (χ3n) is 2.56. The number of aromatic nitrogens is 2. The first-order chi connectivity index (χ1) is 6.26. The molecule has 0 atom stereocenters. The smallest absolute Gasteiger partial charge is 0.266 e. The number of thiol groups is 1. The molecular formula is C9H12N2OS. The van der Waals surface area contributed by atoms with Crippen LogP contribution in [-0.2, 0) is 6.54 Å². The molecule has 1 heterocycles. The van der Waals surface area contributed by atoms with Crippen LogP contribution in [-0.4, -0.2) is 15.5 Å². The molecule has 4 heteroatoms. The minimum atomic E-state index is -0.0180. The van der Waals surface area contributed by atoms with E-state index in [4.69, 9.17) is 0 Å². The van der Waals surface area contributed by atoms with Gasteiger partial charge in [0.2, 0.25) is 0 Å². The summed E-state index contributed by atoms with van der Waals surface area (Å²) in [5.41, 5.74) is 0.233. The van der Waals surface area contributed by atoms with Crippen molar-refractivity contribution in [1.29, 1.82) is 0 Å². The van der Waals surface area contributed by atoms with E-state index in [1.54, 1.807) is 18.3 Å². The van der Waals surface area contributed by atoms with Gasteiger partial charge in [-0.25, -0.2) is 4.68 Å².